The smallest absolute Gasteiger partial charge is 0.282 e. The highest BCUT2D eigenvalue weighted by molar-refractivity contribution is 5.98. The van der Waals surface area contributed by atoms with Crippen molar-refractivity contribution in [1.82, 2.24) is 5.32 Å². The predicted molar refractivity (Wildman–Crippen MR) is 63.7 cm³/mol. The summed E-state index contributed by atoms with van der Waals surface area (Å²) >= 11 is 0. The number of rotatable bonds is 5. The molecule has 0 heterocycles. The summed E-state index contributed by atoms with van der Waals surface area (Å²) in [6, 6.07) is 2.50. The number of nitro groups is 1. The molecule has 0 fully saturated rings. The SMILES string of the molecule is CCC(N)CNC(=O)c1cc(F)ccc1[N+](=O)[O-]. The molecule has 1 unspecified atom stereocenters. The molecule has 0 aromatic heterocycles. The number of amides is 1. The molecule has 0 radical (unpaired) electrons. The molecule has 1 rings (SSSR count). The second-order valence-electron chi connectivity index (χ2n) is 3.80. The Morgan fingerprint density at radius 2 is 2.28 bits per heavy atom. The average Bonchev–Trinajstić information content (AvgIpc) is 2.34. The molecular weight excluding hydrogens is 241 g/mol. The summed E-state index contributed by atoms with van der Waals surface area (Å²) in [6.45, 7) is 2.03. The Morgan fingerprint density at radius 1 is 1.61 bits per heavy atom. The summed E-state index contributed by atoms with van der Waals surface area (Å²) < 4.78 is 13.0. The van der Waals surface area contributed by atoms with Crippen molar-refractivity contribution >= 4 is 11.6 Å². The maximum atomic E-state index is 13.0. The van der Waals surface area contributed by atoms with E-state index in [1.165, 1.54) is 0 Å². The van der Waals surface area contributed by atoms with Gasteiger partial charge in [-0.05, 0) is 18.6 Å². The molecule has 98 valence electrons. The summed E-state index contributed by atoms with van der Waals surface area (Å²) in [5, 5.41) is 13.1. The summed E-state index contributed by atoms with van der Waals surface area (Å²) in [5.41, 5.74) is 4.87. The summed E-state index contributed by atoms with van der Waals surface area (Å²) in [5.74, 6) is -1.41. The maximum absolute atomic E-state index is 13.0. The van der Waals surface area contributed by atoms with E-state index in [2.05, 4.69) is 5.32 Å². The third-order valence-electron chi connectivity index (χ3n) is 2.45. The molecule has 0 aliphatic carbocycles. The molecule has 0 bridgehead atoms. The van der Waals surface area contributed by atoms with E-state index >= 15 is 0 Å². The third kappa shape index (κ3) is 3.49. The lowest BCUT2D eigenvalue weighted by Crippen LogP contribution is -2.36. The molecule has 6 nitrogen and oxygen atoms in total. The number of nitro benzene ring substituents is 1. The number of nitrogens with one attached hydrogen (secondary N) is 1. The van der Waals surface area contributed by atoms with E-state index in [1.54, 1.807) is 0 Å². The van der Waals surface area contributed by atoms with Crippen molar-refractivity contribution in [2.45, 2.75) is 19.4 Å². The Balaban J connectivity index is 2.90. The summed E-state index contributed by atoms with van der Waals surface area (Å²) in [7, 11) is 0. The number of nitrogens with zero attached hydrogens (tertiary/aromatic N) is 1. The van der Waals surface area contributed by atoms with Gasteiger partial charge in [0.15, 0.2) is 0 Å². The first-order valence-electron chi connectivity index (χ1n) is 5.43. The number of carbonyl (C=O) groups is 1. The number of hydrogen-bond donors (Lipinski definition) is 2. The molecule has 18 heavy (non-hydrogen) atoms. The van der Waals surface area contributed by atoms with Crippen molar-refractivity contribution in [2.75, 3.05) is 6.54 Å². The van der Waals surface area contributed by atoms with Crippen LogP contribution in [0.4, 0.5) is 10.1 Å². The molecule has 0 aliphatic heterocycles. The van der Waals surface area contributed by atoms with Crippen LogP contribution in [0.3, 0.4) is 0 Å². The lowest BCUT2D eigenvalue weighted by molar-refractivity contribution is -0.385. The molecule has 0 aliphatic rings. The highest BCUT2D eigenvalue weighted by Crippen LogP contribution is 2.19. The molecular formula is C11H14FN3O3. The number of benzene rings is 1. The highest BCUT2D eigenvalue weighted by atomic mass is 19.1. The Kier molecular flexibility index (Phi) is 4.73. The minimum absolute atomic E-state index is 0.184. The molecule has 7 heteroatoms. The first-order valence-corrected chi connectivity index (χ1v) is 5.43. The minimum atomic E-state index is -0.728. The zero-order valence-corrected chi connectivity index (χ0v) is 9.85. The lowest BCUT2D eigenvalue weighted by Gasteiger charge is -2.10. The van der Waals surface area contributed by atoms with E-state index in [0.29, 0.717) is 6.42 Å². The minimum Gasteiger partial charge on any atom is -0.350 e. The van der Waals surface area contributed by atoms with E-state index in [1.807, 2.05) is 6.92 Å². The lowest BCUT2D eigenvalue weighted by atomic mass is 10.1. The van der Waals surface area contributed by atoms with Crippen molar-refractivity contribution in [3.05, 3.63) is 39.7 Å². The average molecular weight is 255 g/mol. The molecule has 1 aromatic rings. The number of carbonyl (C=O) groups excluding carboxylic acids is 1. The van der Waals surface area contributed by atoms with Gasteiger partial charge in [0, 0.05) is 18.7 Å². The number of halogens is 1. The van der Waals surface area contributed by atoms with Gasteiger partial charge in [0.25, 0.3) is 11.6 Å². The molecule has 0 saturated carbocycles. The molecule has 3 N–H and O–H groups in total. The molecule has 0 spiro atoms. The van der Waals surface area contributed by atoms with E-state index in [4.69, 9.17) is 5.73 Å². The highest BCUT2D eigenvalue weighted by Gasteiger charge is 2.20. The van der Waals surface area contributed by atoms with Crippen LogP contribution in [0.1, 0.15) is 23.7 Å². The third-order valence-corrected chi connectivity index (χ3v) is 2.45. The zero-order chi connectivity index (χ0) is 13.7. The second kappa shape index (κ2) is 6.06. The van der Waals surface area contributed by atoms with E-state index in [0.717, 1.165) is 18.2 Å². The van der Waals surface area contributed by atoms with Gasteiger partial charge in [0.2, 0.25) is 0 Å². The largest absolute Gasteiger partial charge is 0.350 e. The van der Waals surface area contributed by atoms with Crippen molar-refractivity contribution < 1.29 is 14.1 Å². The predicted octanol–water partition coefficient (Wildman–Crippen LogP) is 1.20. The van der Waals surface area contributed by atoms with Crippen molar-refractivity contribution in [2.24, 2.45) is 5.73 Å². The monoisotopic (exact) mass is 255 g/mol. The zero-order valence-electron chi connectivity index (χ0n) is 9.85. The van der Waals surface area contributed by atoms with Crippen LogP contribution >= 0.6 is 0 Å². The van der Waals surface area contributed by atoms with Crippen LogP contribution in [-0.2, 0) is 0 Å². The molecule has 1 amide bonds. The summed E-state index contributed by atoms with van der Waals surface area (Å²) in [4.78, 5) is 21.7. The Morgan fingerprint density at radius 3 is 2.83 bits per heavy atom. The topological polar surface area (TPSA) is 98.3 Å². The van der Waals surface area contributed by atoms with Crippen LogP contribution in [0.5, 0.6) is 0 Å². The number of nitrogens with two attached hydrogens (primary N) is 1. The van der Waals surface area contributed by atoms with Gasteiger partial charge in [-0.3, -0.25) is 14.9 Å². The summed E-state index contributed by atoms with van der Waals surface area (Å²) in [6.07, 6.45) is 0.658. The van der Waals surface area contributed by atoms with Gasteiger partial charge in [0.05, 0.1) is 4.92 Å². The normalized spacial score (nSPS) is 11.9. The van der Waals surface area contributed by atoms with Crippen molar-refractivity contribution in [3.63, 3.8) is 0 Å². The molecule has 1 aromatic carbocycles. The van der Waals surface area contributed by atoms with Gasteiger partial charge >= 0.3 is 0 Å². The van der Waals surface area contributed by atoms with Crippen molar-refractivity contribution in [3.8, 4) is 0 Å². The van der Waals surface area contributed by atoms with Crippen molar-refractivity contribution in [1.29, 1.82) is 0 Å². The van der Waals surface area contributed by atoms with E-state index in [9.17, 15) is 19.3 Å². The molecule has 1 atom stereocenters. The van der Waals surface area contributed by atoms with Crippen LogP contribution in [-0.4, -0.2) is 23.4 Å². The first-order chi connectivity index (χ1) is 8.45. The van der Waals surface area contributed by atoms with Gasteiger partial charge < -0.3 is 11.1 Å². The Hall–Kier alpha value is -2.02. The fraction of sp³-hybridized carbons (Fsp3) is 0.364. The van der Waals surface area contributed by atoms with Crippen LogP contribution in [0, 0.1) is 15.9 Å². The van der Waals surface area contributed by atoms with Gasteiger partial charge in [-0.25, -0.2) is 4.39 Å². The van der Waals surface area contributed by atoms with Crippen LogP contribution < -0.4 is 11.1 Å². The fourth-order valence-electron chi connectivity index (χ4n) is 1.31. The molecule has 0 saturated heterocycles. The second-order valence-corrected chi connectivity index (χ2v) is 3.80. The Bertz CT molecular complexity index is 465. The standard InChI is InChI=1S/C11H14FN3O3/c1-2-8(13)6-14-11(16)9-5-7(12)3-4-10(9)15(17)18/h3-5,8H,2,6,13H2,1H3,(H,14,16). The maximum Gasteiger partial charge on any atom is 0.282 e. The van der Waals surface area contributed by atoms with Crippen LogP contribution in [0.25, 0.3) is 0 Å². The quantitative estimate of drug-likeness (QED) is 0.610. The van der Waals surface area contributed by atoms with Gasteiger partial charge in [-0.1, -0.05) is 6.92 Å². The van der Waals surface area contributed by atoms with Gasteiger partial charge in [0.1, 0.15) is 11.4 Å². The van der Waals surface area contributed by atoms with Crippen LogP contribution in [0.2, 0.25) is 0 Å². The number of hydrogen-bond acceptors (Lipinski definition) is 4. The van der Waals surface area contributed by atoms with E-state index < -0.39 is 22.3 Å². The first kappa shape index (κ1) is 14.0. The van der Waals surface area contributed by atoms with Gasteiger partial charge in [-0.15, -0.1) is 0 Å². The fourth-order valence-corrected chi connectivity index (χ4v) is 1.31. The van der Waals surface area contributed by atoms with Gasteiger partial charge in [-0.2, -0.15) is 0 Å². The van der Waals surface area contributed by atoms with Crippen LogP contribution in [0.15, 0.2) is 18.2 Å². The van der Waals surface area contributed by atoms with E-state index in [-0.39, 0.29) is 18.2 Å². The Labute approximate surface area is 103 Å².